The number of nitrogens with zero attached hydrogens (tertiary/aromatic N) is 3. The van der Waals surface area contributed by atoms with E-state index in [1.54, 1.807) is 12.1 Å². The zero-order valence-electron chi connectivity index (χ0n) is 14.1. The summed E-state index contributed by atoms with van der Waals surface area (Å²) in [5, 5.41) is 5.99. The first-order valence-electron chi connectivity index (χ1n) is 7.82. The number of benzene rings is 1. The summed E-state index contributed by atoms with van der Waals surface area (Å²) in [5.74, 6) is 0.905. The lowest BCUT2D eigenvalue weighted by Crippen LogP contribution is -2.32. The molecule has 1 amide bonds. The Hall–Kier alpha value is -2.73. The molecule has 2 aromatic rings. The summed E-state index contributed by atoms with van der Waals surface area (Å²) in [6, 6.07) is 11.2. The highest BCUT2D eigenvalue weighted by Gasteiger charge is 2.12. The van der Waals surface area contributed by atoms with Crippen LogP contribution in [0.4, 0.5) is 5.82 Å². The van der Waals surface area contributed by atoms with Crippen molar-refractivity contribution in [1.82, 2.24) is 20.2 Å². The summed E-state index contributed by atoms with van der Waals surface area (Å²) in [7, 11) is 3.92. The van der Waals surface area contributed by atoms with Crippen molar-refractivity contribution in [2.45, 2.75) is 0 Å². The van der Waals surface area contributed by atoms with Crippen LogP contribution in [-0.4, -0.2) is 54.5 Å². The number of likely N-dealkylation sites (N-methyl/N-ethyl adjacent to an activating group) is 1. The predicted octanol–water partition coefficient (Wildman–Crippen LogP) is 2.03. The number of hydrogen-bond acceptors (Lipinski definition) is 5. The van der Waals surface area contributed by atoms with Crippen LogP contribution in [0.5, 0.6) is 0 Å². The number of amides is 1. The Morgan fingerprint density at radius 1 is 1.25 bits per heavy atom. The molecule has 0 aliphatic heterocycles. The summed E-state index contributed by atoms with van der Waals surface area (Å²) in [6.07, 6.45) is 1.74. The summed E-state index contributed by atoms with van der Waals surface area (Å²) >= 11 is 0. The molecule has 1 heterocycles. The molecule has 6 nitrogen and oxygen atoms in total. The fourth-order valence-electron chi connectivity index (χ4n) is 2.03. The maximum atomic E-state index is 12.4. The van der Waals surface area contributed by atoms with E-state index in [1.165, 1.54) is 0 Å². The Morgan fingerprint density at radius 3 is 2.67 bits per heavy atom. The van der Waals surface area contributed by atoms with Crippen LogP contribution < -0.4 is 10.6 Å². The third-order valence-electron chi connectivity index (χ3n) is 3.26. The minimum Gasteiger partial charge on any atom is -0.366 e. The average molecular weight is 325 g/mol. The zero-order valence-corrected chi connectivity index (χ0v) is 14.1. The lowest BCUT2D eigenvalue weighted by Gasteiger charge is -2.12. The largest absolute Gasteiger partial charge is 0.366 e. The van der Waals surface area contributed by atoms with Crippen molar-refractivity contribution in [3.63, 3.8) is 0 Å². The maximum Gasteiger partial charge on any atom is 0.270 e. The highest BCUT2D eigenvalue weighted by atomic mass is 16.1. The van der Waals surface area contributed by atoms with Crippen LogP contribution in [0.15, 0.2) is 49.1 Å². The van der Waals surface area contributed by atoms with Crippen LogP contribution in [0.1, 0.15) is 10.5 Å². The highest BCUT2D eigenvalue weighted by molar-refractivity contribution is 5.93. The van der Waals surface area contributed by atoms with E-state index in [-0.39, 0.29) is 5.91 Å². The standard InChI is InChI=1S/C18H23N5O/c1-4-10-19-16-13-15(18(24)20-11-12-23(2)3)21-17(22-16)14-8-6-5-7-9-14/h4-9,13H,1,10-12H2,2-3H3,(H,20,24)(H,19,21,22). The van der Waals surface area contributed by atoms with Gasteiger partial charge in [-0.05, 0) is 14.1 Å². The molecule has 126 valence electrons. The van der Waals surface area contributed by atoms with Crippen LogP contribution in [0.25, 0.3) is 11.4 Å². The molecule has 1 aromatic carbocycles. The molecule has 0 fully saturated rings. The van der Waals surface area contributed by atoms with Gasteiger partial charge in [0.15, 0.2) is 5.82 Å². The molecule has 0 saturated carbocycles. The van der Waals surface area contributed by atoms with Crippen molar-refractivity contribution in [3.8, 4) is 11.4 Å². The quantitative estimate of drug-likeness (QED) is 0.727. The van der Waals surface area contributed by atoms with Crippen LogP contribution in [0, 0.1) is 0 Å². The molecule has 0 aliphatic carbocycles. The van der Waals surface area contributed by atoms with Gasteiger partial charge in [0.25, 0.3) is 5.91 Å². The van der Waals surface area contributed by atoms with E-state index < -0.39 is 0 Å². The van der Waals surface area contributed by atoms with E-state index >= 15 is 0 Å². The number of hydrogen-bond donors (Lipinski definition) is 2. The summed E-state index contributed by atoms with van der Waals surface area (Å²) in [4.78, 5) is 23.3. The average Bonchev–Trinajstić information content (AvgIpc) is 2.60. The Labute approximate surface area is 142 Å². The third-order valence-corrected chi connectivity index (χ3v) is 3.26. The van der Waals surface area contributed by atoms with Crippen molar-refractivity contribution < 1.29 is 4.79 Å². The van der Waals surface area contributed by atoms with Crippen molar-refractivity contribution in [2.75, 3.05) is 39.0 Å². The Kier molecular flexibility index (Phi) is 6.45. The fourth-order valence-corrected chi connectivity index (χ4v) is 2.03. The number of anilines is 1. The monoisotopic (exact) mass is 325 g/mol. The molecule has 0 unspecified atom stereocenters. The molecule has 0 radical (unpaired) electrons. The molecule has 0 spiro atoms. The molecular weight excluding hydrogens is 302 g/mol. The van der Waals surface area contributed by atoms with Gasteiger partial charge in [0, 0.05) is 31.3 Å². The van der Waals surface area contributed by atoms with E-state index in [0.717, 1.165) is 12.1 Å². The summed E-state index contributed by atoms with van der Waals surface area (Å²) in [5.41, 5.74) is 1.20. The van der Waals surface area contributed by atoms with E-state index in [4.69, 9.17) is 0 Å². The lowest BCUT2D eigenvalue weighted by atomic mass is 10.2. The topological polar surface area (TPSA) is 70.2 Å². The Balaban J connectivity index is 2.25. The number of rotatable bonds is 8. The van der Waals surface area contributed by atoms with E-state index in [0.29, 0.717) is 30.4 Å². The zero-order chi connectivity index (χ0) is 17.4. The van der Waals surface area contributed by atoms with Gasteiger partial charge in [-0.2, -0.15) is 0 Å². The number of carbonyl (C=O) groups excluding carboxylic acids is 1. The molecular formula is C18H23N5O. The maximum absolute atomic E-state index is 12.4. The first-order valence-corrected chi connectivity index (χ1v) is 7.82. The first-order chi connectivity index (χ1) is 11.6. The van der Waals surface area contributed by atoms with Gasteiger partial charge in [0.05, 0.1) is 0 Å². The van der Waals surface area contributed by atoms with Gasteiger partial charge in [-0.1, -0.05) is 36.4 Å². The van der Waals surface area contributed by atoms with Gasteiger partial charge in [-0.3, -0.25) is 4.79 Å². The predicted molar refractivity (Wildman–Crippen MR) is 97.0 cm³/mol. The van der Waals surface area contributed by atoms with E-state index in [1.807, 2.05) is 49.3 Å². The third kappa shape index (κ3) is 5.17. The van der Waals surface area contributed by atoms with Crippen molar-refractivity contribution in [3.05, 3.63) is 54.7 Å². The second-order valence-electron chi connectivity index (χ2n) is 5.56. The summed E-state index contributed by atoms with van der Waals surface area (Å²) in [6.45, 7) is 5.57. The lowest BCUT2D eigenvalue weighted by molar-refractivity contribution is 0.0946. The van der Waals surface area contributed by atoms with E-state index in [2.05, 4.69) is 27.2 Å². The molecule has 0 bridgehead atoms. The summed E-state index contributed by atoms with van der Waals surface area (Å²) < 4.78 is 0. The number of carbonyl (C=O) groups is 1. The van der Waals surface area contributed by atoms with E-state index in [9.17, 15) is 4.79 Å². The molecule has 1 aromatic heterocycles. The van der Waals surface area contributed by atoms with Crippen LogP contribution in [-0.2, 0) is 0 Å². The normalized spacial score (nSPS) is 10.5. The van der Waals surface area contributed by atoms with Gasteiger partial charge in [0.1, 0.15) is 11.5 Å². The fraction of sp³-hybridized carbons (Fsp3) is 0.278. The number of aromatic nitrogens is 2. The van der Waals surface area contributed by atoms with Crippen LogP contribution in [0.3, 0.4) is 0 Å². The minimum absolute atomic E-state index is 0.210. The highest BCUT2D eigenvalue weighted by Crippen LogP contribution is 2.17. The van der Waals surface area contributed by atoms with Gasteiger partial charge < -0.3 is 15.5 Å². The molecule has 24 heavy (non-hydrogen) atoms. The minimum atomic E-state index is -0.210. The first kappa shape index (κ1) is 17.6. The van der Waals surface area contributed by atoms with Crippen molar-refractivity contribution in [1.29, 1.82) is 0 Å². The van der Waals surface area contributed by atoms with Crippen molar-refractivity contribution >= 4 is 11.7 Å². The second kappa shape index (κ2) is 8.79. The number of nitrogens with one attached hydrogen (secondary N) is 2. The molecule has 2 N–H and O–H groups in total. The molecule has 0 atom stereocenters. The van der Waals surface area contributed by atoms with Crippen LogP contribution >= 0.6 is 0 Å². The van der Waals surface area contributed by atoms with Gasteiger partial charge in [0.2, 0.25) is 0 Å². The van der Waals surface area contributed by atoms with Crippen molar-refractivity contribution in [2.24, 2.45) is 0 Å². The Bertz CT molecular complexity index is 685. The molecule has 0 saturated heterocycles. The SMILES string of the molecule is C=CCNc1cc(C(=O)NCCN(C)C)nc(-c2ccccc2)n1. The molecule has 6 heteroatoms. The Morgan fingerprint density at radius 2 is 2.00 bits per heavy atom. The smallest absolute Gasteiger partial charge is 0.270 e. The van der Waals surface area contributed by atoms with Gasteiger partial charge in [-0.15, -0.1) is 6.58 Å². The van der Waals surface area contributed by atoms with Gasteiger partial charge >= 0.3 is 0 Å². The van der Waals surface area contributed by atoms with Crippen LogP contribution in [0.2, 0.25) is 0 Å². The van der Waals surface area contributed by atoms with Gasteiger partial charge in [-0.25, -0.2) is 9.97 Å². The molecule has 2 rings (SSSR count). The molecule has 0 aliphatic rings. The second-order valence-corrected chi connectivity index (χ2v) is 5.56.